The van der Waals surface area contributed by atoms with Gasteiger partial charge < -0.3 is 5.73 Å². The molecule has 0 heterocycles. The highest BCUT2D eigenvalue weighted by Crippen LogP contribution is 2.27. The van der Waals surface area contributed by atoms with Gasteiger partial charge in [-0.1, -0.05) is 75.6 Å². The molecule has 0 aromatic heterocycles. The zero-order chi connectivity index (χ0) is 25.8. The molecule has 0 bridgehead atoms. The third kappa shape index (κ3) is 9.11. The van der Waals surface area contributed by atoms with Gasteiger partial charge in [-0.25, -0.2) is 15.5 Å². The lowest BCUT2D eigenvalue weighted by Gasteiger charge is -2.42. The van der Waals surface area contributed by atoms with Crippen LogP contribution in [0.4, 0.5) is 0 Å². The van der Waals surface area contributed by atoms with Crippen LogP contribution in [-0.4, -0.2) is 51.6 Å². The Balaban J connectivity index is 2.42. The van der Waals surface area contributed by atoms with Crippen LogP contribution in [0.1, 0.15) is 77.7 Å². The van der Waals surface area contributed by atoms with Crippen molar-refractivity contribution >= 4 is 23.8 Å². The van der Waals surface area contributed by atoms with Crippen molar-refractivity contribution in [3.05, 3.63) is 42.0 Å². The van der Waals surface area contributed by atoms with Crippen LogP contribution in [0.5, 0.6) is 0 Å². The topological polar surface area (TPSA) is 116 Å². The van der Waals surface area contributed by atoms with Gasteiger partial charge in [0.05, 0.1) is 6.04 Å². The number of rotatable bonds is 11. The van der Waals surface area contributed by atoms with Crippen LogP contribution in [0, 0.1) is 11.8 Å². The lowest BCUT2D eigenvalue weighted by molar-refractivity contribution is -0.176. The molecule has 1 aromatic carbocycles. The smallest absolute Gasteiger partial charge is 0.268 e. The van der Waals surface area contributed by atoms with E-state index in [1.54, 1.807) is 18.5 Å². The molecule has 8 heteroatoms. The van der Waals surface area contributed by atoms with E-state index in [-0.39, 0.29) is 30.6 Å². The van der Waals surface area contributed by atoms with Gasteiger partial charge in [0.15, 0.2) is 0 Å². The summed E-state index contributed by atoms with van der Waals surface area (Å²) >= 11 is 0. The van der Waals surface area contributed by atoms with Crippen LogP contribution in [0.2, 0.25) is 0 Å². The number of amides is 3. The monoisotopic (exact) mass is 486 g/mol. The largest absolute Gasteiger partial charge is 0.320 e. The van der Waals surface area contributed by atoms with Gasteiger partial charge in [-0.2, -0.15) is 0 Å². The van der Waals surface area contributed by atoms with E-state index >= 15 is 0 Å². The summed E-state index contributed by atoms with van der Waals surface area (Å²) in [5, 5.41) is 12.2. The summed E-state index contributed by atoms with van der Waals surface area (Å²) in [4.78, 5) is 39.7. The summed E-state index contributed by atoms with van der Waals surface area (Å²) < 4.78 is 0. The molecule has 1 aliphatic carbocycles. The van der Waals surface area contributed by atoms with Crippen LogP contribution in [0.15, 0.2) is 36.4 Å². The molecular weight excluding hydrogens is 444 g/mol. The summed E-state index contributed by atoms with van der Waals surface area (Å²) in [6.07, 6.45) is 9.80. The second kappa shape index (κ2) is 14.6. The molecule has 1 aliphatic rings. The van der Waals surface area contributed by atoms with E-state index in [9.17, 15) is 19.6 Å². The third-order valence-electron chi connectivity index (χ3n) is 6.43. The number of hydrogen-bond donors (Lipinski definition) is 3. The van der Waals surface area contributed by atoms with Crippen LogP contribution in [-0.2, 0) is 14.4 Å². The van der Waals surface area contributed by atoms with E-state index in [0.29, 0.717) is 13.0 Å². The molecule has 0 aliphatic heterocycles. The maximum atomic E-state index is 13.6. The first-order chi connectivity index (χ1) is 16.7. The van der Waals surface area contributed by atoms with Crippen molar-refractivity contribution in [3.63, 3.8) is 0 Å². The highest BCUT2D eigenvalue weighted by atomic mass is 16.5. The first kappa shape index (κ1) is 28.5. The lowest BCUT2D eigenvalue weighted by Crippen LogP contribution is -2.62. The normalized spacial score (nSPS) is 16.2. The molecule has 2 rings (SSSR count). The fraction of sp³-hybridized carbons (Fsp3) is 0.593. The lowest BCUT2D eigenvalue weighted by atomic mass is 9.89. The Morgan fingerprint density at radius 1 is 1.11 bits per heavy atom. The summed E-state index contributed by atoms with van der Waals surface area (Å²) in [7, 11) is 0. The van der Waals surface area contributed by atoms with E-state index < -0.39 is 23.9 Å². The molecule has 3 amide bonds. The Morgan fingerprint density at radius 3 is 2.34 bits per heavy atom. The first-order valence-corrected chi connectivity index (χ1v) is 12.8. The maximum absolute atomic E-state index is 13.6. The minimum Gasteiger partial charge on any atom is -0.320 e. The van der Waals surface area contributed by atoms with Gasteiger partial charge in [-0.05, 0) is 50.0 Å². The van der Waals surface area contributed by atoms with Crippen molar-refractivity contribution in [2.45, 2.75) is 84.2 Å². The van der Waals surface area contributed by atoms with E-state index in [1.807, 2.05) is 50.3 Å². The number of nitrogens with zero attached hydrogens (tertiary/aromatic N) is 2. The quantitative estimate of drug-likeness (QED) is 0.324. The fourth-order valence-electron chi connectivity index (χ4n) is 4.43. The van der Waals surface area contributed by atoms with Gasteiger partial charge >= 0.3 is 0 Å². The van der Waals surface area contributed by atoms with E-state index in [4.69, 9.17) is 5.73 Å². The van der Waals surface area contributed by atoms with Crippen molar-refractivity contribution in [1.82, 2.24) is 15.5 Å². The molecular formula is C27H42N4O4. The predicted molar refractivity (Wildman–Crippen MR) is 137 cm³/mol. The van der Waals surface area contributed by atoms with Crippen LogP contribution >= 0.6 is 0 Å². The maximum Gasteiger partial charge on any atom is 0.268 e. The van der Waals surface area contributed by atoms with Crippen molar-refractivity contribution in [3.8, 4) is 0 Å². The van der Waals surface area contributed by atoms with Crippen molar-refractivity contribution < 1.29 is 19.6 Å². The van der Waals surface area contributed by atoms with Gasteiger partial charge in [-0.15, -0.1) is 0 Å². The molecule has 1 saturated carbocycles. The summed E-state index contributed by atoms with van der Waals surface area (Å²) in [5.41, 5.74) is 8.64. The Labute approximate surface area is 209 Å². The van der Waals surface area contributed by atoms with E-state index in [1.165, 1.54) is 10.0 Å². The molecule has 194 valence electrons. The van der Waals surface area contributed by atoms with Gasteiger partial charge in [0.1, 0.15) is 6.04 Å². The number of hydroxylamine groups is 1. The molecule has 1 aromatic rings. The minimum absolute atomic E-state index is 0.127. The fourth-order valence-corrected chi connectivity index (χ4v) is 4.43. The average molecular weight is 487 g/mol. The van der Waals surface area contributed by atoms with Crippen LogP contribution < -0.4 is 11.2 Å². The molecule has 2 atom stereocenters. The second-order valence-electron chi connectivity index (χ2n) is 9.92. The minimum atomic E-state index is -1.09. The number of carbonyl (C=O) groups excluding carboxylic acids is 3. The number of nitrogens with two attached hydrogens (primary N) is 1. The number of hydrogen-bond acceptors (Lipinski definition) is 5. The number of carbonyl (C=O) groups is 3. The molecule has 0 saturated heterocycles. The van der Waals surface area contributed by atoms with Gasteiger partial charge in [0, 0.05) is 13.0 Å². The van der Waals surface area contributed by atoms with Crippen LogP contribution in [0.25, 0.3) is 6.08 Å². The highest BCUT2D eigenvalue weighted by molar-refractivity contribution is 5.90. The summed E-state index contributed by atoms with van der Waals surface area (Å²) in [6, 6.07) is 7.66. The standard InChI is InChI=1S/C27H42N4O4/c1-20(2)17-18-25(32)31(30(27(34)21(3)28)19-23-13-8-5-9-14-23)24(26(33)29-35)16-10-15-22-11-6-4-7-12-22/h4,6-7,10-12,15,20-21,23-24,35H,5,8-9,13-14,16-19,28H2,1-3H3,(H,29,33)/t21-,24+/m1/s1. The molecule has 35 heavy (non-hydrogen) atoms. The van der Waals surface area contributed by atoms with Crippen molar-refractivity contribution in [2.75, 3.05) is 6.54 Å². The first-order valence-electron chi connectivity index (χ1n) is 12.8. The van der Waals surface area contributed by atoms with E-state index in [0.717, 1.165) is 37.7 Å². The molecule has 1 fully saturated rings. The highest BCUT2D eigenvalue weighted by Gasteiger charge is 2.38. The Morgan fingerprint density at radius 2 is 1.77 bits per heavy atom. The SMILES string of the molecule is CC(C)CCC(=O)N([C@@H](CC=Cc1ccccc1)C(=O)NO)N(CC1CCCCC1)C(=O)[C@@H](C)N. The van der Waals surface area contributed by atoms with Gasteiger partial charge in [-0.3, -0.25) is 19.6 Å². The summed E-state index contributed by atoms with van der Waals surface area (Å²) in [5.74, 6) is -0.974. The molecule has 0 unspecified atom stereocenters. The van der Waals surface area contributed by atoms with Gasteiger partial charge in [0.2, 0.25) is 5.91 Å². The zero-order valence-electron chi connectivity index (χ0n) is 21.4. The average Bonchev–Trinajstić information content (AvgIpc) is 2.86. The Kier molecular flexibility index (Phi) is 11.9. The second-order valence-corrected chi connectivity index (χ2v) is 9.92. The molecule has 4 N–H and O–H groups in total. The molecule has 0 radical (unpaired) electrons. The molecule has 8 nitrogen and oxygen atoms in total. The number of benzene rings is 1. The Hall–Kier alpha value is -2.71. The number of hydrazine groups is 1. The van der Waals surface area contributed by atoms with Gasteiger partial charge in [0.25, 0.3) is 11.8 Å². The Bertz CT molecular complexity index is 835. The van der Waals surface area contributed by atoms with Crippen LogP contribution in [0.3, 0.4) is 0 Å². The summed E-state index contributed by atoms with van der Waals surface area (Å²) in [6.45, 7) is 5.95. The molecule has 0 spiro atoms. The number of nitrogens with one attached hydrogen (secondary N) is 1. The third-order valence-corrected chi connectivity index (χ3v) is 6.43. The van der Waals surface area contributed by atoms with Crippen molar-refractivity contribution in [2.24, 2.45) is 17.6 Å². The van der Waals surface area contributed by atoms with Crippen molar-refractivity contribution in [1.29, 1.82) is 0 Å². The zero-order valence-corrected chi connectivity index (χ0v) is 21.4. The van der Waals surface area contributed by atoms with E-state index in [2.05, 4.69) is 0 Å². The predicted octanol–water partition coefficient (Wildman–Crippen LogP) is 3.90.